The quantitative estimate of drug-likeness (QED) is 0.0697. The first-order valence-electron chi connectivity index (χ1n) is 19.0. The molecule has 2 N–H and O–H groups in total. The summed E-state index contributed by atoms with van der Waals surface area (Å²) in [5.41, 5.74) is 6.54. The van der Waals surface area contributed by atoms with Crippen molar-refractivity contribution in [2.24, 2.45) is 20.4 Å². The summed E-state index contributed by atoms with van der Waals surface area (Å²) in [6.07, 6.45) is 14.7. The number of hydrogen-bond acceptors (Lipinski definition) is 15. The molecule has 1 unspecified atom stereocenters. The van der Waals surface area contributed by atoms with Crippen LogP contribution < -0.4 is 24.5 Å². The molecule has 3 heterocycles. The van der Waals surface area contributed by atoms with Crippen LogP contribution in [0.2, 0.25) is 5.02 Å². The van der Waals surface area contributed by atoms with Crippen LogP contribution in [0.5, 0.6) is 0 Å². The molecule has 2 aromatic heterocycles. The van der Waals surface area contributed by atoms with Crippen molar-refractivity contribution in [2.45, 2.75) is 39.5 Å². The molecule has 7 rings (SSSR count). The van der Waals surface area contributed by atoms with Crippen LogP contribution in [-0.2, 0) is 31.8 Å². The number of nitro groups is 2. The second-order valence-corrected chi connectivity index (χ2v) is 16.0. The minimum absolute atomic E-state index is 0. The van der Waals surface area contributed by atoms with Gasteiger partial charge < -0.3 is 35.3 Å². The van der Waals surface area contributed by atoms with Crippen LogP contribution in [-0.4, -0.2) is 73.5 Å². The number of thiazole rings is 2. The van der Waals surface area contributed by atoms with E-state index in [-0.39, 0.29) is 76.3 Å². The van der Waals surface area contributed by atoms with Gasteiger partial charge in [0.15, 0.2) is 17.3 Å². The number of rotatable bonds is 10. The Morgan fingerprint density at radius 2 is 1.30 bits per heavy atom. The van der Waals surface area contributed by atoms with E-state index in [0.717, 1.165) is 71.8 Å². The minimum Gasteiger partial charge on any atom is -0.506 e. The van der Waals surface area contributed by atoms with Crippen LogP contribution in [0, 0.1) is 20.2 Å². The number of aromatic nitrogens is 2. The predicted molar refractivity (Wildman–Crippen MR) is 243 cm³/mol. The van der Waals surface area contributed by atoms with Gasteiger partial charge in [0.05, 0.1) is 15.3 Å². The number of halogens is 1. The molecular weight excluding hydrogens is 931 g/mol. The number of nitrogens with zero attached hydrogens (tertiary/aromatic N) is 10. The van der Waals surface area contributed by atoms with Gasteiger partial charge in [-0.25, -0.2) is 0 Å². The van der Waals surface area contributed by atoms with Crippen molar-refractivity contribution in [3.8, 4) is 0 Å². The summed E-state index contributed by atoms with van der Waals surface area (Å²) in [6, 6.07) is 15.1. The molecule has 335 valence electrons. The first-order chi connectivity index (χ1) is 30.1. The normalized spacial score (nSPS) is 18.3. The Morgan fingerprint density at radius 1 is 0.797 bits per heavy atom. The van der Waals surface area contributed by atoms with Gasteiger partial charge in [-0.15, -0.1) is 0 Å². The fourth-order valence-corrected chi connectivity index (χ4v) is 7.53. The first kappa shape index (κ1) is 50.0. The van der Waals surface area contributed by atoms with E-state index in [1.54, 1.807) is 0 Å². The maximum Gasteiger partial charge on any atom is 0.319 e. The molecule has 2 aliphatic carbocycles. The monoisotopic (exact) mass is 970 g/mol. The summed E-state index contributed by atoms with van der Waals surface area (Å²) >= 11 is 7.80. The maximum absolute atomic E-state index is 10.9. The molecule has 18 nitrogen and oxygen atoms in total. The van der Waals surface area contributed by atoms with E-state index >= 15 is 0 Å². The zero-order valence-corrected chi connectivity index (χ0v) is 38.2. The van der Waals surface area contributed by atoms with Gasteiger partial charge in [-0.2, -0.15) is 4.58 Å². The molecule has 2 aromatic carbocycles. The van der Waals surface area contributed by atoms with Gasteiger partial charge in [-0.1, -0.05) is 53.3 Å². The standard InChI is InChI=1S/C24H30ClN2.2C9H6N4O4S.Co/c1-6-24(4)21-17-19(25)12-15-22(21)26(5)23(24)16-11-18-9-13-20(14-10-18)27(7-2)8-3;2*14-5-1-2-6(7(15)3-5)11-12-9-10-4-8(18-9)13(16)17;/h9-17H,6-8H2,1-5H3;2*1-4H,(H2,10,12,14,15);/q+1;;;/p-2. The summed E-state index contributed by atoms with van der Waals surface area (Å²) in [6.45, 7) is 11.0. The predicted octanol–water partition coefficient (Wildman–Crippen LogP) is 7.20. The number of ketones is 2. The molecule has 1 aliphatic heterocycles. The van der Waals surface area contributed by atoms with Crippen LogP contribution in [0.3, 0.4) is 0 Å². The number of hydrogen-bond donors (Lipinski definition) is 2. The number of carbonyl (C=O) groups is 2. The van der Waals surface area contributed by atoms with Crippen LogP contribution in [0.25, 0.3) is 6.08 Å². The van der Waals surface area contributed by atoms with E-state index in [9.17, 15) is 40.0 Å². The third-order valence-electron chi connectivity index (χ3n) is 9.71. The third kappa shape index (κ3) is 12.5. The van der Waals surface area contributed by atoms with Crippen molar-refractivity contribution in [1.29, 1.82) is 0 Å². The number of aliphatic hydroxyl groups is 2. The van der Waals surface area contributed by atoms with Gasteiger partial charge in [-0.3, -0.25) is 40.0 Å². The average Bonchev–Trinajstić information content (AvgIpc) is 3.99. The molecule has 0 spiro atoms. The molecule has 3 aliphatic rings. The largest absolute Gasteiger partial charge is 0.506 e. The Hall–Kier alpha value is -6.65. The summed E-state index contributed by atoms with van der Waals surface area (Å²) in [7, 11) is 2.15. The van der Waals surface area contributed by atoms with E-state index in [1.807, 2.05) is 6.07 Å². The Morgan fingerprint density at radius 3 is 1.72 bits per heavy atom. The number of allylic oxidation sites excluding steroid dienone is 7. The SMILES string of the molecule is CCN(CC)c1ccc(/C=C/C2=[N+](C)c3ccc(Cl)cc3C2(C)CC)cc1.O=C1C=CC(=NN=c2[n-]cc([N+](=O)[O-])s2)C(O)=C1.O=C1C=CC(=NN=c2[n-]cc([N+](=O)[O-])s2)C(O)=C1.[Co]. The molecular formula is C42H40ClCoN10O8S2-. The molecule has 0 amide bonds. The fourth-order valence-electron chi connectivity index (χ4n) is 6.25. The molecule has 1 radical (unpaired) electrons. The van der Waals surface area contributed by atoms with Crippen molar-refractivity contribution in [2.75, 3.05) is 25.0 Å². The first-order valence-corrected chi connectivity index (χ1v) is 21.1. The zero-order valence-electron chi connectivity index (χ0n) is 34.8. The number of carbonyl (C=O) groups excluding carboxylic acids is 2. The van der Waals surface area contributed by atoms with Crippen LogP contribution in [0.4, 0.5) is 21.4 Å². The van der Waals surface area contributed by atoms with Crippen molar-refractivity contribution in [3.05, 3.63) is 155 Å². The van der Waals surface area contributed by atoms with E-state index < -0.39 is 9.85 Å². The summed E-state index contributed by atoms with van der Waals surface area (Å²) in [5, 5.41) is 54.7. The second kappa shape index (κ2) is 22.6. The van der Waals surface area contributed by atoms with Gasteiger partial charge in [0, 0.05) is 92.4 Å². The number of benzene rings is 2. The van der Waals surface area contributed by atoms with Gasteiger partial charge in [0.25, 0.3) is 0 Å². The number of fused-ring (bicyclic) bond motifs is 1. The Labute approximate surface area is 389 Å². The number of anilines is 1. The van der Waals surface area contributed by atoms with Crippen molar-refractivity contribution >= 4 is 90.4 Å². The van der Waals surface area contributed by atoms with E-state index in [1.165, 1.54) is 52.5 Å². The summed E-state index contributed by atoms with van der Waals surface area (Å²) in [5.74, 6) is -1.32. The van der Waals surface area contributed by atoms with E-state index in [0.29, 0.717) is 0 Å². The minimum atomic E-state index is -0.583. The number of aliphatic hydroxyl groups excluding tert-OH is 2. The van der Waals surface area contributed by atoms with Crippen LogP contribution >= 0.6 is 34.3 Å². The Kier molecular flexibility index (Phi) is 17.7. The summed E-state index contributed by atoms with van der Waals surface area (Å²) < 4.78 is 2.30. The van der Waals surface area contributed by atoms with Gasteiger partial charge >= 0.3 is 10.0 Å². The molecule has 0 fully saturated rings. The fraction of sp³-hybridized carbons (Fsp3) is 0.214. The van der Waals surface area contributed by atoms with Crippen molar-refractivity contribution in [1.82, 2.24) is 9.97 Å². The maximum atomic E-state index is 10.9. The molecule has 0 bridgehead atoms. The second-order valence-electron chi connectivity index (χ2n) is 13.6. The molecule has 0 saturated heterocycles. The molecule has 22 heteroatoms. The summed E-state index contributed by atoms with van der Waals surface area (Å²) in [4.78, 5) is 51.3. The Balaban J connectivity index is 0.000000216. The average molecular weight is 971 g/mol. The van der Waals surface area contributed by atoms with E-state index in [2.05, 4.69) is 123 Å². The van der Waals surface area contributed by atoms with Gasteiger partial charge in [-0.05, 0) is 87.4 Å². The molecule has 4 aromatic rings. The smallest absolute Gasteiger partial charge is 0.319 e. The van der Waals surface area contributed by atoms with Gasteiger partial charge in [0.1, 0.15) is 30.0 Å². The molecule has 1 atom stereocenters. The molecule has 64 heavy (non-hydrogen) atoms. The topological polar surface area (TPSA) is 245 Å². The van der Waals surface area contributed by atoms with E-state index in [4.69, 9.17) is 11.6 Å². The molecule has 0 saturated carbocycles. The van der Waals surface area contributed by atoms with Crippen LogP contribution in [0.1, 0.15) is 45.2 Å². The zero-order chi connectivity index (χ0) is 45.8. The third-order valence-corrected chi connectivity index (χ3v) is 11.6. The van der Waals surface area contributed by atoms with Crippen LogP contribution in [0.15, 0.2) is 129 Å². The Bertz CT molecular complexity index is 2710. The van der Waals surface area contributed by atoms with Crippen molar-refractivity contribution in [3.63, 3.8) is 0 Å². The van der Waals surface area contributed by atoms with Gasteiger partial charge in [0.2, 0.25) is 5.69 Å². The van der Waals surface area contributed by atoms with Crippen molar-refractivity contribution < 1.29 is 51.0 Å².